The monoisotopic (exact) mass is 301 g/mol. The Kier molecular flexibility index (Phi) is 5.85. The van der Waals surface area contributed by atoms with Crippen LogP contribution in [0.2, 0.25) is 0 Å². The second-order valence-electron chi connectivity index (χ2n) is 6.72. The Hall–Kier alpha value is -1.03. The van der Waals surface area contributed by atoms with E-state index in [1.807, 2.05) is 0 Å². The van der Waals surface area contributed by atoms with Crippen molar-refractivity contribution >= 4 is 0 Å². The minimum absolute atomic E-state index is 0.0179. The first-order valence-electron chi connectivity index (χ1n) is 7.44. The van der Waals surface area contributed by atoms with Crippen molar-refractivity contribution in [1.29, 1.82) is 0 Å². The lowest BCUT2D eigenvalue weighted by Crippen LogP contribution is -2.40. The van der Waals surface area contributed by atoms with E-state index >= 15 is 0 Å². The summed E-state index contributed by atoms with van der Waals surface area (Å²) in [6.45, 7) is 11.5. The zero-order valence-electron chi connectivity index (χ0n) is 13.5. The molecule has 120 valence electrons. The van der Waals surface area contributed by atoms with Crippen LogP contribution < -0.4 is 5.32 Å². The van der Waals surface area contributed by atoms with Crippen LogP contribution in [0.3, 0.4) is 0 Å². The molecule has 1 nitrogen and oxygen atoms in total. The van der Waals surface area contributed by atoms with E-state index in [9.17, 15) is 13.2 Å². The Balaban J connectivity index is 2.84. The molecule has 0 bridgehead atoms. The van der Waals surface area contributed by atoms with E-state index in [0.717, 1.165) is 18.5 Å². The summed E-state index contributed by atoms with van der Waals surface area (Å²) in [5, 5.41) is 3.44. The normalized spacial score (nSPS) is 15.5. The van der Waals surface area contributed by atoms with Gasteiger partial charge in [-0.25, -0.2) is 0 Å². The van der Waals surface area contributed by atoms with Gasteiger partial charge in [0.15, 0.2) is 0 Å². The first kappa shape index (κ1) is 18.0. The third-order valence-electron chi connectivity index (χ3n) is 4.20. The van der Waals surface area contributed by atoms with Crippen LogP contribution in [0, 0.1) is 11.3 Å². The standard InChI is InChI=1S/C17H26F3N/c1-12(2)16(5,11-21-13(3)4)10-14-6-8-15(9-7-14)17(18,19)20/h6-9,12-13,21H,10-11H2,1-5H3. The van der Waals surface area contributed by atoms with Gasteiger partial charge >= 0.3 is 6.18 Å². The summed E-state index contributed by atoms with van der Waals surface area (Å²) in [6, 6.07) is 5.94. The summed E-state index contributed by atoms with van der Waals surface area (Å²) in [5.41, 5.74) is 0.381. The van der Waals surface area contributed by atoms with E-state index in [1.54, 1.807) is 12.1 Å². The highest BCUT2D eigenvalue weighted by Gasteiger charge is 2.31. The fraction of sp³-hybridized carbons (Fsp3) is 0.647. The fourth-order valence-corrected chi connectivity index (χ4v) is 2.19. The highest BCUT2D eigenvalue weighted by molar-refractivity contribution is 5.25. The molecule has 0 aliphatic carbocycles. The van der Waals surface area contributed by atoms with Crippen LogP contribution in [-0.4, -0.2) is 12.6 Å². The van der Waals surface area contributed by atoms with Crippen LogP contribution in [0.4, 0.5) is 13.2 Å². The molecule has 1 N–H and O–H groups in total. The maximum atomic E-state index is 12.6. The van der Waals surface area contributed by atoms with Gasteiger partial charge in [-0.2, -0.15) is 13.2 Å². The van der Waals surface area contributed by atoms with Gasteiger partial charge in [-0.15, -0.1) is 0 Å². The molecule has 1 aromatic rings. The minimum atomic E-state index is -4.26. The largest absolute Gasteiger partial charge is 0.416 e. The molecule has 0 radical (unpaired) electrons. The van der Waals surface area contributed by atoms with Crippen LogP contribution in [0.25, 0.3) is 0 Å². The number of rotatable bonds is 6. The van der Waals surface area contributed by atoms with E-state index in [4.69, 9.17) is 0 Å². The van der Waals surface area contributed by atoms with Gasteiger partial charge < -0.3 is 5.32 Å². The van der Waals surface area contributed by atoms with Crippen molar-refractivity contribution < 1.29 is 13.2 Å². The van der Waals surface area contributed by atoms with Crippen molar-refractivity contribution in [3.8, 4) is 0 Å². The third kappa shape index (κ3) is 5.34. The van der Waals surface area contributed by atoms with Crippen molar-refractivity contribution in [3.05, 3.63) is 35.4 Å². The maximum Gasteiger partial charge on any atom is 0.416 e. The van der Waals surface area contributed by atoms with Crippen molar-refractivity contribution in [2.75, 3.05) is 6.54 Å². The minimum Gasteiger partial charge on any atom is -0.314 e. The van der Waals surface area contributed by atoms with E-state index in [0.29, 0.717) is 12.0 Å². The summed E-state index contributed by atoms with van der Waals surface area (Å²) >= 11 is 0. The van der Waals surface area contributed by atoms with Crippen LogP contribution in [0.5, 0.6) is 0 Å². The molecule has 4 heteroatoms. The third-order valence-corrected chi connectivity index (χ3v) is 4.20. The quantitative estimate of drug-likeness (QED) is 0.787. The van der Waals surface area contributed by atoms with Gasteiger partial charge in [-0.05, 0) is 35.4 Å². The lowest BCUT2D eigenvalue weighted by molar-refractivity contribution is -0.137. The predicted octanol–water partition coefficient (Wildman–Crippen LogP) is 4.91. The number of nitrogens with one attached hydrogen (secondary N) is 1. The molecule has 1 aromatic carbocycles. The molecular formula is C17H26F3N. The van der Waals surface area contributed by atoms with Gasteiger partial charge in [0.05, 0.1) is 5.56 Å². The van der Waals surface area contributed by atoms with Crippen molar-refractivity contribution in [2.24, 2.45) is 11.3 Å². The molecule has 0 heterocycles. The molecule has 0 fully saturated rings. The number of alkyl halides is 3. The van der Waals surface area contributed by atoms with Gasteiger partial charge in [0.1, 0.15) is 0 Å². The van der Waals surface area contributed by atoms with Crippen molar-refractivity contribution in [3.63, 3.8) is 0 Å². The second-order valence-corrected chi connectivity index (χ2v) is 6.72. The molecule has 0 saturated carbocycles. The molecule has 0 aliphatic rings. The van der Waals surface area contributed by atoms with Crippen LogP contribution in [0.15, 0.2) is 24.3 Å². The van der Waals surface area contributed by atoms with Gasteiger partial charge in [-0.1, -0.05) is 46.8 Å². The smallest absolute Gasteiger partial charge is 0.314 e. The average molecular weight is 301 g/mol. The van der Waals surface area contributed by atoms with Crippen molar-refractivity contribution in [1.82, 2.24) is 5.32 Å². The zero-order chi connectivity index (χ0) is 16.3. The summed E-state index contributed by atoms with van der Waals surface area (Å²) < 4.78 is 37.8. The first-order valence-corrected chi connectivity index (χ1v) is 7.44. The molecule has 1 rings (SSSR count). The molecular weight excluding hydrogens is 275 g/mol. The second kappa shape index (κ2) is 6.82. The van der Waals surface area contributed by atoms with Crippen LogP contribution >= 0.6 is 0 Å². The van der Waals surface area contributed by atoms with Gasteiger partial charge in [0.25, 0.3) is 0 Å². The first-order chi connectivity index (χ1) is 9.54. The van der Waals surface area contributed by atoms with Crippen molar-refractivity contribution in [2.45, 2.75) is 53.3 Å². The Morgan fingerprint density at radius 2 is 1.52 bits per heavy atom. The summed E-state index contributed by atoms with van der Waals surface area (Å²) in [4.78, 5) is 0. The predicted molar refractivity (Wildman–Crippen MR) is 81.2 cm³/mol. The summed E-state index contributed by atoms with van der Waals surface area (Å²) in [5.74, 6) is 0.436. The van der Waals surface area contributed by atoms with E-state index in [1.165, 1.54) is 12.1 Å². The molecule has 21 heavy (non-hydrogen) atoms. The summed E-state index contributed by atoms with van der Waals surface area (Å²) in [6.07, 6.45) is -3.50. The number of halogens is 3. The number of benzene rings is 1. The Morgan fingerprint density at radius 1 is 1.00 bits per heavy atom. The Bertz CT molecular complexity index is 434. The Morgan fingerprint density at radius 3 is 1.90 bits per heavy atom. The van der Waals surface area contributed by atoms with Gasteiger partial charge in [-0.3, -0.25) is 0 Å². The maximum absolute atomic E-state index is 12.6. The SMILES string of the molecule is CC(C)NCC(C)(Cc1ccc(C(F)(F)F)cc1)C(C)C. The Labute approximate surface area is 125 Å². The molecule has 0 aliphatic heterocycles. The molecule has 0 aromatic heterocycles. The van der Waals surface area contributed by atoms with Gasteiger partial charge in [0, 0.05) is 12.6 Å². The highest BCUT2D eigenvalue weighted by Crippen LogP contribution is 2.33. The topological polar surface area (TPSA) is 12.0 Å². The van der Waals surface area contributed by atoms with Crippen LogP contribution in [-0.2, 0) is 12.6 Å². The molecule has 0 spiro atoms. The van der Waals surface area contributed by atoms with Gasteiger partial charge in [0.2, 0.25) is 0 Å². The lowest BCUT2D eigenvalue weighted by atomic mass is 9.74. The van der Waals surface area contributed by atoms with E-state index in [-0.39, 0.29) is 5.41 Å². The fourth-order valence-electron chi connectivity index (χ4n) is 2.19. The van der Waals surface area contributed by atoms with E-state index in [2.05, 4.69) is 39.9 Å². The number of hydrogen-bond donors (Lipinski definition) is 1. The number of hydrogen-bond acceptors (Lipinski definition) is 1. The molecule has 0 amide bonds. The van der Waals surface area contributed by atoms with Crippen LogP contribution in [0.1, 0.15) is 45.7 Å². The lowest BCUT2D eigenvalue weighted by Gasteiger charge is -2.35. The molecule has 1 unspecified atom stereocenters. The summed E-state index contributed by atoms with van der Waals surface area (Å²) in [7, 11) is 0. The molecule has 0 saturated heterocycles. The molecule has 1 atom stereocenters. The highest BCUT2D eigenvalue weighted by atomic mass is 19.4. The average Bonchev–Trinajstić information content (AvgIpc) is 2.36. The van der Waals surface area contributed by atoms with E-state index < -0.39 is 11.7 Å². The zero-order valence-corrected chi connectivity index (χ0v) is 13.5.